The fraction of sp³-hybridized carbons (Fsp3) is 0.533. The van der Waals surface area contributed by atoms with E-state index in [4.69, 9.17) is 4.74 Å². The Bertz CT molecular complexity index is 444. The number of carbonyl (C=O) groups is 1. The number of nitrogens with one attached hydrogen (secondary N) is 1. The van der Waals surface area contributed by atoms with Crippen LogP contribution >= 0.6 is 0 Å². The van der Waals surface area contributed by atoms with E-state index in [0.29, 0.717) is 6.54 Å². The first-order chi connectivity index (χ1) is 9.05. The summed E-state index contributed by atoms with van der Waals surface area (Å²) < 4.78 is 5.01. The number of aryl methyl sites for hydroxylation is 1. The van der Waals surface area contributed by atoms with E-state index in [9.17, 15) is 4.79 Å². The van der Waals surface area contributed by atoms with Crippen LogP contribution in [0, 0.1) is 6.92 Å². The molecule has 1 N–H and O–H groups in total. The summed E-state index contributed by atoms with van der Waals surface area (Å²) in [6, 6.07) is 8.10. The molecule has 0 aromatic heterocycles. The van der Waals surface area contributed by atoms with Gasteiger partial charge in [0.05, 0.1) is 7.11 Å². The minimum atomic E-state index is -0.628. The Balaban J connectivity index is 2.22. The van der Waals surface area contributed by atoms with Gasteiger partial charge in [-0.1, -0.05) is 17.7 Å². The summed E-state index contributed by atoms with van der Waals surface area (Å²) >= 11 is 0. The molecule has 1 aromatic rings. The molecule has 1 aliphatic heterocycles. The molecule has 0 saturated carbocycles. The van der Waals surface area contributed by atoms with Gasteiger partial charge < -0.3 is 15.0 Å². The molecule has 0 radical (unpaired) electrons. The van der Waals surface area contributed by atoms with Crippen LogP contribution in [0.2, 0.25) is 0 Å². The van der Waals surface area contributed by atoms with Gasteiger partial charge in [-0.3, -0.25) is 0 Å². The number of hydrogen-bond donors (Lipinski definition) is 1. The average Bonchev–Trinajstić information content (AvgIpc) is 2.40. The number of hydrogen-bond acceptors (Lipinski definition) is 4. The summed E-state index contributed by atoms with van der Waals surface area (Å²) in [6.45, 7) is 3.75. The third kappa shape index (κ3) is 3.07. The van der Waals surface area contributed by atoms with Crippen LogP contribution in [0.3, 0.4) is 0 Å². The van der Waals surface area contributed by atoms with Gasteiger partial charge in [0.1, 0.15) is 5.54 Å². The molecule has 19 heavy (non-hydrogen) atoms. The number of rotatable bonds is 3. The maximum Gasteiger partial charge on any atom is 0.332 e. The number of carbonyl (C=O) groups excluding carboxylic acids is 1. The second-order valence-electron chi connectivity index (χ2n) is 5.41. The molecule has 2 rings (SSSR count). The zero-order valence-electron chi connectivity index (χ0n) is 11.9. The van der Waals surface area contributed by atoms with E-state index in [2.05, 4.69) is 10.2 Å². The lowest BCUT2D eigenvalue weighted by Crippen LogP contribution is -2.57. The van der Waals surface area contributed by atoms with E-state index in [-0.39, 0.29) is 5.97 Å². The Kier molecular flexibility index (Phi) is 4.10. The summed E-state index contributed by atoms with van der Waals surface area (Å²) in [6.07, 6.45) is 1.79. The number of likely N-dealkylation sites (tertiary alicyclic amines) is 1. The highest BCUT2D eigenvalue weighted by Gasteiger charge is 2.42. The van der Waals surface area contributed by atoms with Crippen molar-refractivity contribution in [2.45, 2.75) is 25.3 Å². The van der Waals surface area contributed by atoms with Crippen molar-refractivity contribution in [2.24, 2.45) is 0 Å². The van der Waals surface area contributed by atoms with Crippen LogP contribution in [0.15, 0.2) is 24.3 Å². The van der Waals surface area contributed by atoms with E-state index < -0.39 is 5.54 Å². The molecule has 4 heteroatoms. The van der Waals surface area contributed by atoms with Crippen LogP contribution in [-0.2, 0) is 9.53 Å². The predicted molar refractivity (Wildman–Crippen MR) is 76.3 cm³/mol. The molecule has 1 atom stereocenters. The summed E-state index contributed by atoms with van der Waals surface area (Å²) in [5.41, 5.74) is 1.54. The summed E-state index contributed by atoms with van der Waals surface area (Å²) in [5.74, 6) is -0.181. The van der Waals surface area contributed by atoms with Gasteiger partial charge in [-0.2, -0.15) is 0 Å². The molecule has 0 amide bonds. The molecule has 1 heterocycles. The van der Waals surface area contributed by atoms with Gasteiger partial charge in [0.15, 0.2) is 0 Å². The third-order valence-corrected chi connectivity index (χ3v) is 3.69. The second kappa shape index (κ2) is 5.61. The fourth-order valence-electron chi connectivity index (χ4n) is 2.70. The van der Waals surface area contributed by atoms with Crippen LogP contribution in [0.25, 0.3) is 0 Å². The number of ether oxygens (including phenoxy) is 1. The van der Waals surface area contributed by atoms with Gasteiger partial charge in [-0.05, 0) is 45.5 Å². The van der Waals surface area contributed by atoms with E-state index >= 15 is 0 Å². The van der Waals surface area contributed by atoms with E-state index in [1.807, 2.05) is 38.2 Å². The molecule has 1 unspecified atom stereocenters. The maximum absolute atomic E-state index is 12.2. The number of piperidine rings is 1. The SMILES string of the molecule is COC(=O)C1(Nc2ccc(C)cc2)CCCN(C)C1. The number of likely N-dealkylation sites (N-methyl/N-ethyl adjacent to an activating group) is 1. The zero-order chi connectivity index (χ0) is 13.9. The number of anilines is 1. The topological polar surface area (TPSA) is 41.6 Å². The van der Waals surface area contributed by atoms with Crippen molar-refractivity contribution in [3.8, 4) is 0 Å². The Labute approximate surface area is 114 Å². The largest absolute Gasteiger partial charge is 0.467 e. The quantitative estimate of drug-likeness (QED) is 0.846. The third-order valence-electron chi connectivity index (χ3n) is 3.69. The molecule has 1 saturated heterocycles. The van der Waals surface area contributed by atoms with Crippen LogP contribution in [0.5, 0.6) is 0 Å². The van der Waals surface area contributed by atoms with E-state index in [0.717, 1.165) is 25.1 Å². The highest BCUT2D eigenvalue weighted by molar-refractivity contribution is 5.85. The first kappa shape index (κ1) is 13.9. The first-order valence-corrected chi connectivity index (χ1v) is 6.67. The fourth-order valence-corrected chi connectivity index (χ4v) is 2.70. The lowest BCUT2D eigenvalue weighted by atomic mass is 9.88. The molecule has 104 valence electrons. The van der Waals surface area contributed by atoms with Gasteiger partial charge in [-0.15, -0.1) is 0 Å². The van der Waals surface area contributed by atoms with Crippen molar-refractivity contribution in [1.29, 1.82) is 0 Å². The highest BCUT2D eigenvalue weighted by atomic mass is 16.5. The number of nitrogens with zero attached hydrogens (tertiary/aromatic N) is 1. The zero-order valence-corrected chi connectivity index (χ0v) is 11.9. The molecular weight excluding hydrogens is 240 g/mol. The Morgan fingerprint density at radius 1 is 1.37 bits per heavy atom. The van der Waals surface area contributed by atoms with Gasteiger partial charge >= 0.3 is 5.97 Å². The minimum absolute atomic E-state index is 0.181. The summed E-state index contributed by atoms with van der Waals surface area (Å²) in [5, 5.41) is 3.39. The molecule has 1 aromatic carbocycles. The van der Waals surface area contributed by atoms with Crippen molar-refractivity contribution < 1.29 is 9.53 Å². The van der Waals surface area contributed by atoms with Gasteiger partial charge in [-0.25, -0.2) is 4.79 Å². The van der Waals surface area contributed by atoms with Crippen molar-refractivity contribution in [3.05, 3.63) is 29.8 Å². The van der Waals surface area contributed by atoms with Gasteiger partial charge in [0.25, 0.3) is 0 Å². The van der Waals surface area contributed by atoms with Crippen molar-refractivity contribution in [1.82, 2.24) is 4.90 Å². The van der Waals surface area contributed by atoms with E-state index in [1.54, 1.807) is 0 Å². The van der Waals surface area contributed by atoms with E-state index in [1.165, 1.54) is 12.7 Å². The van der Waals surface area contributed by atoms with Crippen LogP contribution in [0.4, 0.5) is 5.69 Å². The number of esters is 1. The Morgan fingerprint density at radius 2 is 2.05 bits per heavy atom. The number of benzene rings is 1. The molecule has 0 spiro atoms. The van der Waals surface area contributed by atoms with Crippen molar-refractivity contribution >= 4 is 11.7 Å². The predicted octanol–water partition coefficient (Wildman–Crippen LogP) is 2.04. The summed E-state index contributed by atoms with van der Waals surface area (Å²) in [7, 11) is 3.49. The molecule has 4 nitrogen and oxygen atoms in total. The van der Waals surface area contributed by atoms with Crippen molar-refractivity contribution in [3.63, 3.8) is 0 Å². The van der Waals surface area contributed by atoms with Crippen LogP contribution < -0.4 is 5.32 Å². The Morgan fingerprint density at radius 3 is 2.63 bits per heavy atom. The monoisotopic (exact) mass is 262 g/mol. The smallest absolute Gasteiger partial charge is 0.332 e. The number of methoxy groups -OCH3 is 1. The maximum atomic E-state index is 12.2. The summed E-state index contributed by atoms with van der Waals surface area (Å²) in [4.78, 5) is 14.4. The minimum Gasteiger partial charge on any atom is -0.467 e. The van der Waals surface area contributed by atoms with Crippen LogP contribution in [0.1, 0.15) is 18.4 Å². The highest BCUT2D eigenvalue weighted by Crippen LogP contribution is 2.27. The Hall–Kier alpha value is -1.55. The lowest BCUT2D eigenvalue weighted by Gasteiger charge is -2.40. The molecule has 1 fully saturated rings. The molecule has 0 bridgehead atoms. The van der Waals surface area contributed by atoms with Crippen LogP contribution in [-0.4, -0.2) is 43.7 Å². The molecular formula is C15H22N2O2. The lowest BCUT2D eigenvalue weighted by molar-refractivity contribution is -0.147. The second-order valence-corrected chi connectivity index (χ2v) is 5.41. The molecule has 1 aliphatic rings. The normalized spacial score (nSPS) is 23.9. The van der Waals surface area contributed by atoms with Crippen molar-refractivity contribution in [2.75, 3.05) is 32.6 Å². The first-order valence-electron chi connectivity index (χ1n) is 6.67. The molecule has 0 aliphatic carbocycles. The standard InChI is InChI=1S/C15H22N2O2/c1-12-5-7-13(8-6-12)16-15(14(18)19-3)9-4-10-17(2)11-15/h5-8,16H,4,9-11H2,1-3H3. The van der Waals surface area contributed by atoms with Gasteiger partial charge in [0, 0.05) is 12.2 Å². The van der Waals surface area contributed by atoms with Gasteiger partial charge in [0.2, 0.25) is 0 Å². The average molecular weight is 262 g/mol.